The van der Waals surface area contributed by atoms with Gasteiger partial charge in [-0.25, -0.2) is 0 Å². The van der Waals surface area contributed by atoms with Crippen molar-refractivity contribution in [3.8, 4) is 10.4 Å². The van der Waals surface area contributed by atoms with E-state index in [1.165, 1.54) is 15.3 Å². The molecule has 6 heteroatoms. The summed E-state index contributed by atoms with van der Waals surface area (Å²) < 4.78 is 0. The maximum Gasteiger partial charge on any atom is 0.0653 e. The molecule has 2 aromatic heterocycles. The first kappa shape index (κ1) is 15.2. The van der Waals surface area contributed by atoms with Gasteiger partial charge in [-0.05, 0) is 35.0 Å². The van der Waals surface area contributed by atoms with E-state index in [2.05, 4.69) is 34.3 Å². The van der Waals surface area contributed by atoms with Gasteiger partial charge in [0.1, 0.15) is 0 Å². The highest BCUT2D eigenvalue weighted by molar-refractivity contribution is 7.14. The molecule has 0 unspecified atom stereocenters. The molecule has 0 amide bonds. The van der Waals surface area contributed by atoms with Gasteiger partial charge in [-0.15, -0.1) is 22.7 Å². The van der Waals surface area contributed by atoms with Crippen LogP contribution < -0.4 is 5.32 Å². The van der Waals surface area contributed by atoms with Gasteiger partial charge in [0.15, 0.2) is 0 Å². The average Bonchev–Trinajstić information content (AvgIpc) is 3.11. The second-order valence-electron chi connectivity index (χ2n) is 4.38. The minimum atomic E-state index is 0.461. The van der Waals surface area contributed by atoms with Gasteiger partial charge in [0.25, 0.3) is 0 Å². The Morgan fingerprint density at radius 2 is 1.76 bits per heavy atom. The number of halogens is 3. The Balaban J connectivity index is 1.72. The van der Waals surface area contributed by atoms with Gasteiger partial charge in [-0.1, -0.05) is 40.9 Å². The Hall–Kier alpha value is -0.710. The molecule has 0 radical (unpaired) electrons. The van der Waals surface area contributed by atoms with E-state index in [4.69, 9.17) is 34.8 Å². The van der Waals surface area contributed by atoms with Crippen LogP contribution in [0.5, 0.6) is 0 Å². The fourth-order valence-corrected chi connectivity index (χ4v) is 4.11. The van der Waals surface area contributed by atoms with Crippen molar-refractivity contribution in [1.29, 1.82) is 0 Å². The molecule has 21 heavy (non-hydrogen) atoms. The highest BCUT2D eigenvalue weighted by atomic mass is 35.5. The van der Waals surface area contributed by atoms with Crippen LogP contribution in [0.2, 0.25) is 15.1 Å². The lowest BCUT2D eigenvalue weighted by molar-refractivity contribution is 1.19. The highest BCUT2D eigenvalue weighted by Gasteiger charge is 2.07. The van der Waals surface area contributed by atoms with E-state index in [1.54, 1.807) is 34.8 Å². The Bertz CT molecular complexity index is 750. The first-order valence-electron chi connectivity index (χ1n) is 6.13. The largest absolute Gasteiger partial charge is 0.379 e. The van der Waals surface area contributed by atoms with E-state index in [9.17, 15) is 0 Å². The van der Waals surface area contributed by atoms with Gasteiger partial charge in [0.2, 0.25) is 0 Å². The van der Waals surface area contributed by atoms with Gasteiger partial charge in [0.05, 0.1) is 20.8 Å². The van der Waals surface area contributed by atoms with E-state index in [0.717, 1.165) is 5.69 Å². The number of anilines is 1. The van der Waals surface area contributed by atoms with E-state index >= 15 is 0 Å². The third-order valence-corrected chi connectivity index (χ3v) is 5.81. The zero-order valence-corrected chi connectivity index (χ0v) is 14.6. The number of benzene rings is 1. The van der Waals surface area contributed by atoms with Crippen LogP contribution in [0, 0.1) is 0 Å². The van der Waals surface area contributed by atoms with Gasteiger partial charge < -0.3 is 5.32 Å². The molecule has 0 spiro atoms. The zero-order valence-electron chi connectivity index (χ0n) is 10.7. The molecule has 0 atom stereocenters. The fraction of sp³-hybridized carbons (Fsp3) is 0.0667. The van der Waals surface area contributed by atoms with Gasteiger partial charge >= 0.3 is 0 Å². The fourth-order valence-electron chi connectivity index (χ4n) is 1.89. The minimum absolute atomic E-state index is 0.461. The van der Waals surface area contributed by atoms with Crippen molar-refractivity contribution in [3.63, 3.8) is 0 Å². The summed E-state index contributed by atoms with van der Waals surface area (Å²) in [5.41, 5.74) is 2.05. The highest BCUT2D eigenvalue weighted by Crippen LogP contribution is 2.33. The van der Waals surface area contributed by atoms with Gasteiger partial charge in [0, 0.05) is 21.9 Å². The summed E-state index contributed by atoms with van der Waals surface area (Å²) in [4.78, 5) is 2.52. The van der Waals surface area contributed by atoms with Crippen LogP contribution in [0.15, 0.2) is 41.1 Å². The van der Waals surface area contributed by atoms with Crippen LogP contribution >= 0.6 is 57.5 Å². The summed E-state index contributed by atoms with van der Waals surface area (Å²) in [6.45, 7) is 0.702. The summed E-state index contributed by atoms with van der Waals surface area (Å²) in [6, 6.07) is 9.78. The number of hydrogen-bond donors (Lipinski definition) is 1. The quantitative estimate of drug-likeness (QED) is 0.482. The summed E-state index contributed by atoms with van der Waals surface area (Å²) in [6.07, 6.45) is 0. The molecule has 0 saturated carbocycles. The Labute approximate surface area is 146 Å². The molecule has 0 saturated heterocycles. The smallest absolute Gasteiger partial charge is 0.0653 e. The molecule has 3 aromatic rings. The van der Waals surface area contributed by atoms with Crippen LogP contribution in [-0.2, 0) is 6.54 Å². The third-order valence-electron chi connectivity index (χ3n) is 2.92. The van der Waals surface area contributed by atoms with Crippen LogP contribution in [0.1, 0.15) is 4.88 Å². The number of thiophene rings is 2. The minimum Gasteiger partial charge on any atom is -0.379 e. The zero-order chi connectivity index (χ0) is 14.8. The van der Waals surface area contributed by atoms with Crippen molar-refractivity contribution in [2.75, 3.05) is 5.32 Å². The van der Waals surface area contributed by atoms with Crippen molar-refractivity contribution >= 4 is 63.2 Å². The molecule has 1 N–H and O–H groups in total. The molecular formula is C15H10Cl3NS2. The molecule has 3 rings (SSSR count). The lowest BCUT2D eigenvalue weighted by atomic mass is 10.2. The molecule has 0 bridgehead atoms. The predicted molar refractivity (Wildman–Crippen MR) is 96.4 cm³/mol. The Morgan fingerprint density at radius 3 is 2.52 bits per heavy atom. The SMILES string of the molecule is Clc1cc(Cl)c(NCc2cc(-c3cccs3)cs2)cc1Cl. The summed E-state index contributed by atoms with van der Waals surface area (Å²) >= 11 is 21.6. The summed E-state index contributed by atoms with van der Waals surface area (Å²) in [5.74, 6) is 0. The van der Waals surface area contributed by atoms with Crippen molar-refractivity contribution in [2.45, 2.75) is 6.54 Å². The van der Waals surface area contributed by atoms with Crippen LogP contribution in [0.4, 0.5) is 5.69 Å². The molecule has 0 fully saturated rings. The number of hydrogen-bond acceptors (Lipinski definition) is 3. The van der Waals surface area contributed by atoms with E-state index in [0.29, 0.717) is 21.6 Å². The van der Waals surface area contributed by atoms with Gasteiger partial charge in [-0.3, -0.25) is 0 Å². The van der Waals surface area contributed by atoms with Crippen molar-refractivity contribution in [2.24, 2.45) is 0 Å². The second kappa shape index (κ2) is 6.59. The number of rotatable bonds is 4. The monoisotopic (exact) mass is 373 g/mol. The van der Waals surface area contributed by atoms with E-state index in [1.807, 2.05) is 0 Å². The summed E-state index contributed by atoms with van der Waals surface area (Å²) in [5, 5.41) is 9.07. The van der Waals surface area contributed by atoms with E-state index in [-0.39, 0.29) is 0 Å². The molecule has 1 nitrogen and oxygen atoms in total. The van der Waals surface area contributed by atoms with Crippen molar-refractivity contribution in [3.05, 3.63) is 61.0 Å². The van der Waals surface area contributed by atoms with Crippen molar-refractivity contribution in [1.82, 2.24) is 0 Å². The standard InChI is InChI=1S/C15H10Cl3NS2/c16-11-5-13(18)14(6-12(11)17)19-7-10-4-9(8-21-10)15-2-1-3-20-15/h1-6,8,19H,7H2. The van der Waals surface area contributed by atoms with Crippen LogP contribution in [0.3, 0.4) is 0 Å². The topological polar surface area (TPSA) is 12.0 Å². The normalized spacial score (nSPS) is 10.8. The molecule has 108 valence electrons. The third kappa shape index (κ3) is 3.55. The molecule has 0 aliphatic rings. The van der Waals surface area contributed by atoms with Gasteiger partial charge in [-0.2, -0.15) is 0 Å². The average molecular weight is 375 g/mol. The Morgan fingerprint density at radius 1 is 0.952 bits per heavy atom. The molecule has 2 heterocycles. The first-order valence-corrected chi connectivity index (χ1v) is 9.02. The molecular weight excluding hydrogens is 365 g/mol. The summed E-state index contributed by atoms with van der Waals surface area (Å²) in [7, 11) is 0. The predicted octanol–water partition coefficient (Wildman–Crippen LogP) is 7.05. The maximum absolute atomic E-state index is 6.15. The molecule has 0 aliphatic carbocycles. The lowest BCUT2D eigenvalue weighted by Gasteiger charge is -2.08. The molecule has 0 aliphatic heterocycles. The Kier molecular flexibility index (Phi) is 4.77. The van der Waals surface area contributed by atoms with Crippen LogP contribution in [0.25, 0.3) is 10.4 Å². The number of nitrogens with one attached hydrogen (secondary N) is 1. The molecule has 1 aromatic carbocycles. The lowest BCUT2D eigenvalue weighted by Crippen LogP contribution is -1.98. The van der Waals surface area contributed by atoms with Crippen molar-refractivity contribution < 1.29 is 0 Å². The second-order valence-corrected chi connectivity index (χ2v) is 7.54. The first-order chi connectivity index (χ1) is 10.1. The van der Waals surface area contributed by atoms with Crippen LogP contribution in [-0.4, -0.2) is 0 Å². The van der Waals surface area contributed by atoms with E-state index < -0.39 is 0 Å². The maximum atomic E-state index is 6.15.